The van der Waals surface area contributed by atoms with Crippen molar-refractivity contribution in [2.24, 2.45) is 0 Å². The third kappa shape index (κ3) is 2.93. The molecule has 0 saturated heterocycles. The molecule has 1 N–H and O–H groups in total. The molecular formula is C17H17N3O2. The molecule has 0 unspecified atom stereocenters. The zero-order valence-electron chi connectivity index (χ0n) is 12.5. The lowest BCUT2D eigenvalue weighted by Crippen LogP contribution is -2.21. The summed E-state index contributed by atoms with van der Waals surface area (Å²) < 4.78 is 5.65. The third-order valence-corrected chi connectivity index (χ3v) is 3.32. The number of anilines is 1. The topological polar surface area (TPSA) is 58.4 Å². The molecule has 5 heteroatoms. The number of rotatable bonds is 4. The van der Waals surface area contributed by atoms with E-state index in [4.69, 9.17) is 4.42 Å². The first-order valence-electron chi connectivity index (χ1n) is 7.03. The smallest absolute Gasteiger partial charge is 0.253 e. The van der Waals surface area contributed by atoms with E-state index < -0.39 is 0 Å². The second-order valence-corrected chi connectivity index (χ2v) is 5.21. The first-order chi connectivity index (χ1) is 10.6. The summed E-state index contributed by atoms with van der Waals surface area (Å²) in [5.41, 5.74) is 3.22. The van der Waals surface area contributed by atoms with Crippen LogP contribution >= 0.6 is 0 Å². The van der Waals surface area contributed by atoms with Gasteiger partial charge in [0.15, 0.2) is 5.58 Å². The van der Waals surface area contributed by atoms with Crippen LogP contribution in [0.2, 0.25) is 0 Å². The number of nitrogens with zero attached hydrogens (tertiary/aromatic N) is 2. The van der Waals surface area contributed by atoms with Crippen LogP contribution in [0.15, 0.2) is 52.9 Å². The van der Waals surface area contributed by atoms with Crippen LogP contribution in [0, 0.1) is 0 Å². The summed E-state index contributed by atoms with van der Waals surface area (Å²) in [6.45, 7) is 0.496. The van der Waals surface area contributed by atoms with Crippen LogP contribution in [0.25, 0.3) is 11.1 Å². The van der Waals surface area contributed by atoms with Crippen molar-refractivity contribution >= 4 is 22.7 Å². The van der Waals surface area contributed by atoms with Crippen LogP contribution in [0.1, 0.15) is 16.2 Å². The van der Waals surface area contributed by atoms with Gasteiger partial charge in [-0.25, -0.2) is 4.98 Å². The van der Waals surface area contributed by atoms with Crippen molar-refractivity contribution in [2.75, 3.05) is 19.4 Å². The van der Waals surface area contributed by atoms with E-state index in [9.17, 15) is 4.79 Å². The van der Waals surface area contributed by atoms with Crippen LogP contribution in [0.4, 0.5) is 5.69 Å². The fraction of sp³-hybridized carbons (Fsp3) is 0.176. The van der Waals surface area contributed by atoms with Gasteiger partial charge in [0.1, 0.15) is 5.52 Å². The third-order valence-electron chi connectivity index (χ3n) is 3.32. The molecule has 0 spiro atoms. The van der Waals surface area contributed by atoms with Crippen LogP contribution in [-0.4, -0.2) is 29.9 Å². The number of amides is 1. The average Bonchev–Trinajstić information content (AvgIpc) is 2.95. The molecule has 1 amide bonds. The van der Waals surface area contributed by atoms with E-state index >= 15 is 0 Å². The van der Waals surface area contributed by atoms with E-state index in [0.29, 0.717) is 18.0 Å². The monoisotopic (exact) mass is 295 g/mol. The molecule has 0 atom stereocenters. The largest absolute Gasteiger partial charge is 0.439 e. The number of hydrogen-bond acceptors (Lipinski definition) is 4. The Morgan fingerprint density at radius 1 is 1.14 bits per heavy atom. The van der Waals surface area contributed by atoms with E-state index in [2.05, 4.69) is 10.3 Å². The van der Waals surface area contributed by atoms with Gasteiger partial charge in [0.25, 0.3) is 5.91 Å². The SMILES string of the molecule is CN(C)C(=O)c1ccc(NCc2nc3ccccc3o2)cc1. The van der Waals surface area contributed by atoms with E-state index in [1.165, 1.54) is 0 Å². The fourth-order valence-electron chi connectivity index (χ4n) is 2.16. The molecule has 112 valence electrons. The molecule has 22 heavy (non-hydrogen) atoms. The molecule has 0 aliphatic heterocycles. The van der Waals surface area contributed by atoms with Gasteiger partial charge in [-0.15, -0.1) is 0 Å². The Bertz CT molecular complexity index is 758. The molecule has 2 aromatic carbocycles. The number of hydrogen-bond donors (Lipinski definition) is 1. The Hall–Kier alpha value is -2.82. The fourth-order valence-corrected chi connectivity index (χ4v) is 2.16. The number of para-hydroxylation sites is 2. The minimum absolute atomic E-state index is 0.00880. The van der Waals surface area contributed by atoms with Crippen molar-refractivity contribution in [3.63, 3.8) is 0 Å². The van der Waals surface area contributed by atoms with Crippen LogP contribution in [0.5, 0.6) is 0 Å². The van der Waals surface area contributed by atoms with Gasteiger partial charge in [0.2, 0.25) is 5.89 Å². The van der Waals surface area contributed by atoms with Gasteiger partial charge in [0.05, 0.1) is 6.54 Å². The van der Waals surface area contributed by atoms with Crippen molar-refractivity contribution in [1.82, 2.24) is 9.88 Å². The summed E-state index contributed by atoms with van der Waals surface area (Å²) in [5, 5.41) is 3.24. The maximum atomic E-state index is 11.8. The van der Waals surface area contributed by atoms with Crippen molar-refractivity contribution in [3.8, 4) is 0 Å². The van der Waals surface area contributed by atoms with Crippen molar-refractivity contribution in [1.29, 1.82) is 0 Å². The lowest BCUT2D eigenvalue weighted by Gasteiger charge is -2.10. The summed E-state index contributed by atoms with van der Waals surface area (Å²) in [5.74, 6) is 0.625. The Kier molecular flexibility index (Phi) is 3.78. The summed E-state index contributed by atoms with van der Waals surface area (Å²) in [6.07, 6.45) is 0. The first-order valence-corrected chi connectivity index (χ1v) is 7.03. The number of carbonyl (C=O) groups is 1. The highest BCUT2D eigenvalue weighted by atomic mass is 16.3. The predicted molar refractivity (Wildman–Crippen MR) is 85.8 cm³/mol. The summed E-state index contributed by atoms with van der Waals surface area (Å²) in [6, 6.07) is 15.0. The number of nitrogens with one attached hydrogen (secondary N) is 1. The van der Waals surface area contributed by atoms with Gasteiger partial charge in [-0.1, -0.05) is 12.1 Å². The van der Waals surface area contributed by atoms with E-state index in [1.807, 2.05) is 36.4 Å². The van der Waals surface area contributed by atoms with Gasteiger partial charge in [0, 0.05) is 25.3 Å². The normalized spacial score (nSPS) is 10.6. The Morgan fingerprint density at radius 2 is 1.86 bits per heavy atom. The highest BCUT2D eigenvalue weighted by Crippen LogP contribution is 2.16. The van der Waals surface area contributed by atoms with Gasteiger partial charge in [-0.05, 0) is 36.4 Å². The van der Waals surface area contributed by atoms with Gasteiger partial charge in [-0.3, -0.25) is 4.79 Å². The molecule has 0 aliphatic carbocycles. The Labute approximate surface area is 128 Å². The van der Waals surface area contributed by atoms with Crippen LogP contribution < -0.4 is 5.32 Å². The van der Waals surface area contributed by atoms with Crippen molar-refractivity contribution in [2.45, 2.75) is 6.54 Å². The number of aromatic nitrogens is 1. The zero-order chi connectivity index (χ0) is 15.5. The number of benzene rings is 2. The van der Waals surface area contributed by atoms with Crippen molar-refractivity contribution < 1.29 is 9.21 Å². The molecule has 3 rings (SSSR count). The van der Waals surface area contributed by atoms with E-state index in [-0.39, 0.29) is 5.91 Å². The molecule has 1 aromatic heterocycles. The quantitative estimate of drug-likeness (QED) is 0.803. The first kappa shape index (κ1) is 14.1. The zero-order valence-corrected chi connectivity index (χ0v) is 12.5. The van der Waals surface area contributed by atoms with Gasteiger partial charge >= 0.3 is 0 Å². The summed E-state index contributed by atoms with van der Waals surface area (Å²) >= 11 is 0. The van der Waals surface area contributed by atoms with E-state index in [0.717, 1.165) is 16.8 Å². The lowest BCUT2D eigenvalue weighted by atomic mass is 10.2. The predicted octanol–water partition coefficient (Wildman–Crippen LogP) is 3.14. The second kappa shape index (κ2) is 5.89. The van der Waals surface area contributed by atoms with E-state index in [1.54, 1.807) is 31.1 Å². The molecule has 0 saturated carbocycles. The Balaban J connectivity index is 1.67. The number of oxazole rings is 1. The van der Waals surface area contributed by atoms with Crippen molar-refractivity contribution in [3.05, 3.63) is 60.0 Å². The maximum Gasteiger partial charge on any atom is 0.253 e. The molecule has 1 heterocycles. The number of fused-ring (bicyclic) bond motifs is 1. The molecular weight excluding hydrogens is 278 g/mol. The highest BCUT2D eigenvalue weighted by molar-refractivity contribution is 5.94. The lowest BCUT2D eigenvalue weighted by molar-refractivity contribution is 0.0827. The van der Waals surface area contributed by atoms with Gasteiger partial charge in [-0.2, -0.15) is 0 Å². The molecule has 0 fully saturated rings. The number of carbonyl (C=O) groups excluding carboxylic acids is 1. The molecule has 5 nitrogen and oxygen atoms in total. The molecule has 0 radical (unpaired) electrons. The summed E-state index contributed by atoms with van der Waals surface area (Å²) in [7, 11) is 3.48. The van der Waals surface area contributed by atoms with Crippen LogP contribution in [-0.2, 0) is 6.54 Å². The summed E-state index contributed by atoms with van der Waals surface area (Å²) in [4.78, 5) is 17.8. The maximum absolute atomic E-state index is 11.8. The molecule has 3 aromatic rings. The second-order valence-electron chi connectivity index (χ2n) is 5.21. The minimum Gasteiger partial charge on any atom is -0.439 e. The van der Waals surface area contributed by atoms with Crippen LogP contribution in [0.3, 0.4) is 0 Å². The highest BCUT2D eigenvalue weighted by Gasteiger charge is 2.08. The minimum atomic E-state index is -0.00880. The molecule has 0 aliphatic rings. The molecule has 0 bridgehead atoms. The Morgan fingerprint density at radius 3 is 2.55 bits per heavy atom. The van der Waals surface area contributed by atoms with Gasteiger partial charge < -0.3 is 14.6 Å². The average molecular weight is 295 g/mol. The standard InChI is InChI=1S/C17H17N3O2/c1-20(2)17(21)12-7-9-13(10-8-12)18-11-16-19-14-5-3-4-6-15(14)22-16/h3-10,18H,11H2,1-2H3.